The number of benzene rings is 1. The van der Waals surface area contributed by atoms with Gasteiger partial charge in [-0.05, 0) is 32.4 Å². The lowest BCUT2D eigenvalue weighted by Crippen LogP contribution is -2.52. The number of imide groups is 1. The molecule has 0 radical (unpaired) electrons. The minimum atomic E-state index is -0.816. The van der Waals surface area contributed by atoms with E-state index in [1.54, 1.807) is 26.4 Å². The molecule has 1 aromatic carbocycles. The lowest BCUT2D eigenvalue weighted by molar-refractivity contribution is -0.136. The number of anilines is 1. The number of amides is 5. The van der Waals surface area contributed by atoms with Gasteiger partial charge in [0.15, 0.2) is 11.5 Å². The first-order valence-corrected chi connectivity index (χ1v) is 12.7. The molecule has 1 atom stereocenters. The van der Waals surface area contributed by atoms with Crippen molar-refractivity contribution in [2.75, 3.05) is 19.5 Å². The first-order valence-electron chi connectivity index (χ1n) is 11.9. The molecule has 3 N–H and O–H groups in total. The monoisotopic (exact) mass is 538 g/mol. The topological polar surface area (TPSA) is 152 Å². The summed E-state index contributed by atoms with van der Waals surface area (Å²) in [5.41, 5.74) is 0.722. The Labute approximate surface area is 221 Å². The van der Waals surface area contributed by atoms with Crippen LogP contribution in [0.25, 0.3) is 10.2 Å². The summed E-state index contributed by atoms with van der Waals surface area (Å²) in [6.45, 7) is 3.79. The summed E-state index contributed by atoms with van der Waals surface area (Å²) >= 11 is 1.43. The van der Waals surface area contributed by atoms with E-state index >= 15 is 0 Å². The number of carbonyl (C=O) groups excluding carboxylic acids is 4. The fraction of sp³-hybridized carbons (Fsp3) is 0.360. The molecule has 0 saturated carbocycles. The molecule has 198 valence electrons. The van der Waals surface area contributed by atoms with Gasteiger partial charge in [0, 0.05) is 18.6 Å². The Bertz CT molecular complexity index is 1440. The number of nitrogens with zero attached hydrogens (tertiary/aromatic N) is 3. The number of methoxy groups -OCH3 is 2. The van der Waals surface area contributed by atoms with Crippen LogP contribution in [0.15, 0.2) is 24.3 Å². The number of aromatic nitrogens is 2. The summed E-state index contributed by atoms with van der Waals surface area (Å²) in [5, 5.41) is 8.59. The summed E-state index contributed by atoms with van der Waals surface area (Å²) in [5.74, 6) is 0.249. The average molecular weight is 539 g/mol. The van der Waals surface area contributed by atoms with Crippen molar-refractivity contribution in [2.24, 2.45) is 0 Å². The molecule has 13 heteroatoms. The van der Waals surface area contributed by atoms with Crippen LogP contribution in [0.2, 0.25) is 0 Å². The molecule has 4 heterocycles. The summed E-state index contributed by atoms with van der Waals surface area (Å²) < 4.78 is 11.6. The summed E-state index contributed by atoms with van der Waals surface area (Å²) in [6, 6.07) is 5.52. The number of piperidine rings is 1. The standard InChI is InChI=1S/C25H26N6O6S/c1-25(2,23-27-13-9-16(36-3)17(37-4)10-18(13)38-23)30-24(35)28-19-7-5-12-14(26-19)11-31(22(12)34)15-6-8-20(32)29-21(15)33/h5,7,9-10,15H,6,8,11H2,1-4H3,(H,29,32,33)(H2,26,28,30,35). The number of hydrogen-bond donors (Lipinski definition) is 3. The van der Waals surface area contributed by atoms with E-state index in [1.807, 2.05) is 19.9 Å². The van der Waals surface area contributed by atoms with E-state index in [9.17, 15) is 19.2 Å². The van der Waals surface area contributed by atoms with Crippen LogP contribution in [0.5, 0.6) is 11.5 Å². The van der Waals surface area contributed by atoms with Gasteiger partial charge in [-0.1, -0.05) is 0 Å². The van der Waals surface area contributed by atoms with Crippen LogP contribution >= 0.6 is 11.3 Å². The molecule has 38 heavy (non-hydrogen) atoms. The highest BCUT2D eigenvalue weighted by Crippen LogP contribution is 2.37. The van der Waals surface area contributed by atoms with Crippen molar-refractivity contribution in [3.8, 4) is 11.5 Å². The molecule has 12 nitrogen and oxygen atoms in total. The van der Waals surface area contributed by atoms with E-state index in [4.69, 9.17) is 9.47 Å². The molecule has 3 aromatic rings. The maximum atomic E-state index is 12.9. The molecule has 2 aromatic heterocycles. The number of rotatable bonds is 6. The molecular formula is C25H26N6O6S. The van der Waals surface area contributed by atoms with E-state index in [-0.39, 0.29) is 37.0 Å². The first-order chi connectivity index (χ1) is 18.1. The Morgan fingerprint density at radius 2 is 1.87 bits per heavy atom. The smallest absolute Gasteiger partial charge is 0.321 e. The van der Waals surface area contributed by atoms with Crippen LogP contribution in [0.1, 0.15) is 47.7 Å². The Balaban J connectivity index is 1.28. The highest BCUT2D eigenvalue weighted by Gasteiger charge is 2.40. The number of fused-ring (bicyclic) bond motifs is 2. The molecule has 5 rings (SSSR count). The highest BCUT2D eigenvalue weighted by molar-refractivity contribution is 7.18. The van der Waals surface area contributed by atoms with Gasteiger partial charge in [-0.15, -0.1) is 11.3 Å². The van der Waals surface area contributed by atoms with E-state index < -0.39 is 23.5 Å². The minimum absolute atomic E-state index is 0.113. The third kappa shape index (κ3) is 4.60. The van der Waals surface area contributed by atoms with Crippen LogP contribution in [-0.4, -0.2) is 58.9 Å². The van der Waals surface area contributed by atoms with E-state index in [1.165, 1.54) is 22.3 Å². The molecular weight excluding hydrogens is 512 g/mol. The number of ether oxygens (including phenoxy) is 2. The number of pyridine rings is 1. The summed E-state index contributed by atoms with van der Waals surface area (Å²) in [7, 11) is 3.12. The molecule has 0 aliphatic carbocycles. The van der Waals surface area contributed by atoms with Gasteiger partial charge in [0.25, 0.3) is 5.91 Å². The van der Waals surface area contributed by atoms with Crippen molar-refractivity contribution in [3.63, 3.8) is 0 Å². The molecule has 0 bridgehead atoms. The zero-order chi connectivity index (χ0) is 27.2. The van der Waals surface area contributed by atoms with Crippen molar-refractivity contribution in [1.82, 2.24) is 25.5 Å². The van der Waals surface area contributed by atoms with Gasteiger partial charge in [-0.3, -0.25) is 25.0 Å². The normalized spacial score (nSPS) is 17.3. The van der Waals surface area contributed by atoms with Gasteiger partial charge in [-0.2, -0.15) is 0 Å². The number of nitrogens with one attached hydrogen (secondary N) is 3. The van der Waals surface area contributed by atoms with Crippen molar-refractivity contribution in [2.45, 2.75) is 44.8 Å². The first kappa shape index (κ1) is 25.4. The van der Waals surface area contributed by atoms with Gasteiger partial charge in [0.2, 0.25) is 11.8 Å². The van der Waals surface area contributed by atoms with Gasteiger partial charge < -0.3 is 19.7 Å². The molecule has 0 spiro atoms. The number of urea groups is 1. The number of thiazole rings is 1. The van der Waals surface area contributed by atoms with E-state index in [2.05, 4.69) is 25.9 Å². The lowest BCUT2D eigenvalue weighted by Gasteiger charge is -2.29. The zero-order valence-electron chi connectivity index (χ0n) is 21.2. The molecule has 1 saturated heterocycles. The molecule has 1 unspecified atom stereocenters. The van der Waals surface area contributed by atoms with Crippen LogP contribution in [0.4, 0.5) is 10.6 Å². The summed E-state index contributed by atoms with van der Waals surface area (Å²) in [6.07, 6.45) is 0.431. The molecule has 5 amide bonds. The van der Waals surface area contributed by atoms with Crippen molar-refractivity contribution in [3.05, 3.63) is 40.5 Å². The predicted octanol–water partition coefficient (Wildman–Crippen LogP) is 2.53. The van der Waals surface area contributed by atoms with Crippen LogP contribution in [0.3, 0.4) is 0 Å². The van der Waals surface area contributed by atoms with Crippen LogP contribution in [0, 0.1) is 0 Å². The highest BCUT2D eigenvalue weighted by atomic mass is 32.1. The second-order valence-electron chi connectivity index (χ2n) is 9.49. The largest absolute Gasteiger partial charge is 0.493 e. The molecule has 1 fully saturated rings. The van der Waals surface area contributed by atoms with Crippen molar-refractivity contribution < 1.29 is 28.7 Å². The Morgan fingerprint density at radius 1 is 1.13 bits per heavy atom. The molecule has 2 aliphatic rings. The predicted molar refractivity (Wildman–Crippen MR) is 138 cm³/mol. The fourth-order valence-electron chi connectivity index (χ4n) is 4.51. The van der Waals surface area contributed by atoms with Gasteiger partial charge >= 0.3 is 6.03 Å². The SMILES string of the molecule is COc1cc2nc(C(C)(C)NC(=O)Nc3ccc4c(n3)CN(C3CCC(=O)NC3=O)C4=O)sc2cc1OC. The van der Waals surface area contributed by atoms with Crippen LogP contribution < -0.4 is 25.4 Å². The number of carbonyl (C=O) groups is 4. The second kappa shape index (κ2) is 9.56. The quantitative estimate of drug-likeness (QED) is 0.405. The van der Waals surface area contributed by atoms with Gasteiger partial charge in [0.1, 0.15) is 16.9 Å². The third-order valence-electron chi connectivity index (χ3n) is 6.47. The average Bonchev–Trinajstić information content (AvgIpc) is 3.43. The Hall–Kier alpha value is -4.26. The van der Waals surface area contributed by atoms with Gasteiger partial charge in [0.05, 0.1) is 47.8 Å². The summed E-state index contributed by atoms with van der Waals surface area (Å²) in [4.78, 5) is 60.0. The zero-order valence-corrected chi connectivity index (χ0v) is 22.0. The third-order valence-corrected chi connectivity index (χ3v) is 7.81. The lowest BCUT2D eigenvalue weighted by atomic mass is 10.0. The van der Waals surface area contributed by atoms with Crippen molar-refractivity contribution in [1.29, 1.82) is 0 Å². The maximum absolute atomic E-state index is 12.9. The fourth-order valence-corrected chi connectivity index (χ4v) is 5.55. The minimum Gasteiger partial charge on any atom is -0.493 e. The van der Waals surface area contributed by atoms with Crippen LogP contribution in [-0.2, 0) is 21.7 Å². The molecule has 2 aliphatic heterocycles. The Kier molecular flexibility index (Phi) is 6.39. The van der Waals surface area contributed by atoms with E-state index in [0.29, 0.717) is 27.8 Å². The maximum Gasteiger partial charge on any atom is 0.321 e. The van der Waals surface area contributed by atoms with Gasteiger partial charge in [-0.25, -0.2) is 14.8 Å². The van der Waals surface area contributed by atoms with Crippen molar-refractivity contribution >= 4 is 51.1 Å². The Morgan fingerprint density at radius 3 is 2.58 bits per heavy atom. The van der Waals surface area contributed by atoms with E-state index in [0.717, 1.165) is 10.2 Å². The second-order valence-corrected chi connectivity index (χ2v) is 10.5. The number of hydrogen-bond acceptors (Lipinski definition) is 9.